The summed E-state index contributed by atoms with van der Waals surface area (Å²) in [6, 6.07) is 6.08. The smallest absolute Gasteiger partial charge is 0.135 e. The third kappa shape index (κ3) is 2.18. The number of benzene rings is 1. The average Bonchev–Trinajstić information content (AvgIpc) is 2.25. The zero-order valence-electron chi connectivity index (χ0n) is 7.21. The van der Waals surface area contributed by atoms with Crippen LogP contribution in [0.2, 0.25) is 0 Å². The molecule has 2 rings (SSSR count). The first-order valence-corrected chi connectivity index (χ1v) is 5.72. The predicted octanol–water partition coefficient (Wildman–Crippen LogP) is 2.83. The van der Waals surface area contributed by atoms with E-state index in [1.165, 1.54) is 0 Å². The SMILES string of the molecule is C[C@@H]1CNSc2ccc(Br)cc2O1. The summed E-state index contributed by atoms with van der Waals surface area (Å²) in [7, 11) is 0. The van der Waals surface area contributed by atoms with Crippen LogP contribution in [-0.2, 0) is 0 Å². The number of ether oxygens (including phenoxy) is 1. The molecule has 0 bridgehead atoms. The van der Waals surface area contributed by atoms with Crippen LogP contribution in [0.15, 0.2) is 27.6 Å². The minimum atomic E-state index is 0.225. The molecule has 0 aromatic heterocycles. The Morgan fingerprint density at radius 1 is 1.62 bits per heavy atom. The van der Waals surface area contributed by atoms with Gasteiger partial charge < -0.3 is 4.74 Å². The quantitative estimate of drug-likeness (QED) is 0.725. The molecule has 13 heavy (non-hydrogen) atoms. The summed E-state index contributed by atoms with van der Waals surface area (Å²) < 4.78 is 10.0. The maximum atomic E-state index is 5.72. The molecule has 0 fully saturated rings. The molecule has 4 heteroatoms. The second kappa shape index (κ2) is 3.90. The Labute approximate surface area is 90.3 Å². The summed E-state index contributed by atoms with van der Waals surface area (Å²) in [5, 5.41) is 0. The molecule has 0 aliphatic carbocycles. The van der Waals surface area contributed by atoms with E-state index in [0.29, 0.717) is 0 Å². The maximum Gasteiger partial charge on any atom is 0.135 e. The first kappa shape index (κ1) is 9.37. The van der Waals surface area contributed by atoms with Crippen LogP contribution in [0, 0.1) is 0 Å². The maximum absolute atomic E-state index is 5.72. The van der Waals surface area contributed by atoms with Crippen molar-refractivity contribution < 1.29 is 4.74 Å². The third-order valence-corrected chi connectivity index (χ3v) is 3.15. The van der Waals surface area contributed by atoms with Crippen LogP contribution >= 0.6 is 27.9 Å². The molecule has 2 nitrogen and oxygen atoms in total. The lowest BCUT2D eigenvalue weighted by Crippen LogP contribution is -2.22. The summed E-state index contributed by atoms with van der Waals surface area (Å²) in [6.07, 6.45) is 0.225. The molecule has 0 saturated carbocycles. The topological polar surface area (TPSA) is 21.3 Å². The van der Waals surface area contributed by atoms with Gasteiger partial charge in [0.05, 0.1) is 4.90 Å². The van der Waals surface area contributed by atoms with Crippen molar-refractivity contribution >= 4 is 27.9 Å². The first-order valence-electron chi connectivity index (χ1n) is 4.11. The van der Waals surface area contributed by atoms with Crippen LogP contribution in [0.5, 0.6) is 5.75 Å². The van der Waals surface area contributed by atoms with Gasteiger partial charge in [-0.1, -0.05) is 15.9 Å². The van der Waals surface area contributed by atoms with Crippen LogP contribution in [0.1, 0.15) is 6.92 Å². The monoisotopic (exact) mass is 259 g/mol. The number of nitrogens with one attached hydrogen (secondary N) is 1. The molecule has 0 radical (unpaired) electrons. The van der Waals surface area contributed by atoms with Gasteiger partial charge in [0.1, 0.15) is 11.9 Å². The lowest BCUT2D eigenvalue weighted by Gasteiger charge is -2.11. The van der Waals surface area contributed by atoms with E-state index >= 15 is 0 Å². The van der Waals surface area contributed by atoms with Gasteiger partial charge in [0.15, 0.2) is 0 Å². The minimum Gasteiger partial charge on any atom is -0.488 e. The van der Waals surface area contributed by atoms with E-state index in [2.05, 4.69) is 33.6 Å². The summed E-state index contributed by atoms with van der Waals surface area (Å²) in [5.41, 5.74) is 0. The van der Waals surface area contributed by atoms with Gasteiger partial charge in [-0.05, 0) is 37.1 Å². The van der Waals surface area contributed by atoms with E-state index in [4.69, 9.17) is 4.74 Å². The van der Waals surface area contributed by atoms with Gasteiger partial charge in [0.2, 0.25) is 0 Å². The van der Waals surface area contributed by atoms with E-state index < -0.39 is 0 Å². The molecule has 1 aliphatic rings. The van der Waals surface area contributed by atoms with Crippen LogP contribution in [0.3, 0.4) is 0 Å². The fraction of sp³-hybridized carbons (Fsp3) is 0.333. The summed E-state index contributed by atoms with van der Waals surface area (Å²) in [6.45, 7) is 2.93. The van der Waals surface area contributed by atoms with Crippen molar-refractivity contribution in [2.75, 3.05) is 6.54 Å². The molecular weight excluding hydrogens is 250 g/mol. The second-order valence-corrected chi connectivity index (χ2v) is 4.82. The van der Waals surface area contributed by atoms with Crippen molar-refractivity contribution in [1.29, 1.82) is 0 Å². The Kier molecular flexibility index (Phi) is 2.81. The second-order valence-electron chi connectivity index (χ2n) is 2.97. The molecule has 1 aromatic rings. The van der Waals surface area contributed by atoms with E-state index in [1.807, 2.05) is 12.1 Å². The van der Waals surface area contributed by atoms with E-state index in [9.17, 15) is 0 Å². The van der Waals surface area contributed by atoms with Gasteiger partial charge in [0.25, 0.3) is 0 Å². The number of hydrogen-bond acceptors (Lipinski definition) is 3. The fourth-order valence-electron chi connectivity index (χ4n) is 1.15. The number of halogens is 1. The Hall–Kier alpha value is -0.190. The van der Waals surface area contributed by atoms with Crippen LogP contribution in [0.25, 0.3) is 0 Å². The van der Waals surface area contributed by atoms with E-state index in [1.54, 1.807) is 11.9 Å². The van der Waals surface area contributed by atoms with Crippen LogP contribution in [-0.4, -0.2) is 12.6 Å². The molecular formula is C9H10BrNOS. The molecule has 1 aromatic carbocycles. The largest absolute Gasteiger partial charge is 0.488 e. The lowest BCUT2D eigenvalue weighted by atomic mass is 10.3. The average molecular weight is 260 g/mol. The molecule has 70 valence electrons. The van der Waals surface area contributed by atoms with Gasteiger partial charge in [0, 0.05) is 11.0 Å². The minimum absolute atomic E-state index is 0.225. The highest BCUT2D eigenvalue weighted by Crippen LogP contribution is 2.32. The first-order chi connectivity index (χ1) is 6.25. The third-order valence-electron chi connectivity index (χ3n) is 1.79. The van der Waals surface area contributed by atoms with Crippen molar-refractivity contribution in [1.82, 2.24) is 4.72 Å². The normalized spacial score (nSPS) is 21.5. The number of rotatable bonds is 0. The Balaban J connectivity index is 2.35. The van der Waals surface area contributed by atoms with E-state index in [-0.39, 0.29) is 6.10 Å². The van der Waals surface area contributed by atoms with Gasteiger partial charge >= 0.3 is 0 Å². The molecule has 1 atom stereocenters. The van der Waals surface area contributed by atoms with Gasteiger partial charge in [-0.15, -0.1) is 0 Å². The summed E-state index contributed by atoms with van der Waals surface area (Å²) in [5.74, 6) is 0.955. The summed E-state index contributed by atoms with van der Waals surface area (Å²) >= 11 is 5.05. The van der Waals surface area contributed by atoms with E-state index in [0.717, 1.165) is 21.7 Å². The van der Waals surface area contributed by atoms with Crippen molar-refractivity contribution in [3.05, 3.63) is 22.7 Å². The van der Waals surface area contributed by atoms with Crippen LogP contribution in [0.4, 0.5) is 0 Å². The molecule has 0 spiro atoms. The molecule has 0 saturated heterocycles. The fourth-order valence-corrected chi connectivity index (χ4v) is 2.31. The highest BCUT2D eigenvalue weighted by Gasteiger charge is 2.13. The van der Waals surface area contributed by atoms with Crippen molar-refractivity contribution in [2.24, 2.45) is 0 Å². The Bertz CT molecular complexity index is 318. The highest BCUT2D eigenvalue weighted by molar-refractivity contribution is 9.10. The zero-order valence-corrected chi connectivity index (χ0v) is 9.61. The van der Waals surface area contributed by atoms with Crippen molar-refractivity contribution in [3.8, 4) is 5.75 Å². The Morgan fingerprint density at radius 2 is 2.46 bits per heavy atom. The highest BCUT2D eigenvalue weighted by atomic mass is 79.9. The zero-order chi connectivity index (χ0) is 9.26. The lowest BCUT2D eigenvalue weighted by molar-refractivity contribution is 0.224. The molecule has 0 unspecified atom stereocenters. The van der Waals surface area contributed by atoms with Crippen molar-refractivity contribution in [3.63, 3.8) is 0 Å². The number of fused-ring (bicyclic) bond motifs is 1. The Morgan fingerprint density at radius 3 is 3.31 bits per heavy atom. The van der Waals surface area contributed by atoms with Gasteiger partial charge in [-0.25, -0.2) is 0 Å². The van der Waals surface area contributed by atoms with Gasteiger partial charge in [-0.2, -0.15) is 0 Å². The molecule has 1 aliphatic heterocycles. The standard InChI is InChI=1S/C9H10BrNOS/c1-6-5-11-13-9-3-2-7(10)4-8(9)12-6/h2-4,6,11H,5H2,1H3/t6-/m1/s1. The predicted molar refractivity (Wildman–Crippen MR) is 58.1 cm³/mol. The molecule has 1 heterocycles. The number of hydrogen-bond donors (Lipinski definition) is 1. The molecule has 0 amide bonds. The summed E-state index contributed by atoms with van der Waals surface area (Å²) in [4.78, 5) is 1.15. The molecule has 1 N–H and O–H groups in total. The van der Waals surface area contributed by atoms with Crippen LogP contribution < -0.4 is 9.46 Å². The van der Waals surface area contributed by atoms with Gasteiger partial charge in [-0.3, -0.25) is 4.72 Å². The van der Waals surface area contributed by atoms with Crippen molar-refractivity contribution in [2.45, 2.75) is 17.9 Å².